The topological polar surface area (TPSA) is 35.0 Å². The summed E-state index contributed by atoms with van der Waals surface area (Å²) in [6, 6.07) is 0. The molecule has 0 bridgehead atoms. The molecule has 0 heterocycles. The van der Waals surface area contributed by atoms with Crippen molar-refractivity contribution >= 4 is 30.1 Å². The van der Waals surface area contributed by atoms with Gasteiger partial charge in [-0.25, -0.2) is 0 Å². The number of rotatable bonds is 0. The van der Waals surface area contributed by atoms with Gasteiger partial charge < -0.3 is 6.15 Å². The molecule has 0 aliphatic heterocycles. The Kier molecular flexibility index (Phi) is 10.3. The first-order valence-corrected chi connectivity index (χ1v) is 5.73. The molecule has 0 rings (SSSR count). The van der Waals surface area contributed by atoms with Crippen LogP contribution in [0.25, 0.3) is 0 Å². The predicted octanol–water partition coefficient (Wildman–Crippen LogP) is 2.23. The first-order valence-electron chi connectivity index (χ1n) is 0.463. The van der Waals surface area contributed by atoms with E-state index in [1.807, 2.05) is 0 Å². The standard InChI is InChI=1S/3ClH.Cr.H3N/h3*1H;;1H3/q;;;+3;/p-3. The molecule has 0 unspecified atom stereocenters. The second kappa shape index (κ2) is 5.36. The van der Waals surface area contributed by atoms with Gasteiger partial charge in [0.25, 0.3) is 0 Å². The maximum atomic E-state index is 4.93. The summed E-state index contributed by atoms with van der Waals surface area (Å²) >= 11 is -1.62. The van der Waals surface area contributed by atoms with Gasteiger partial charge in [-0.1, -0.05) is 0 Å². The van der Waals surface area contributed by atoms with E-state index in [0.29, 0.717) is 0 Å². The van der Waals surface area contributed by atoms with Gasteiger partial charge in [-0.15, -0.1) is 0 Å². The van der Waals surface area contributed by atoms with Crippen LogP contribution in [-0.4, -0.2) is 0 Å². The van der Waals surface area contributed by atoms with E-state index < -0.39 is 11.4 Å². The quantitative estimate of drug-likeness (QED) is 0.602. The maximum absolute atomic E-state index is 4.93. The SMILES string of the molecule is N.[Cl][Cr]([Cl])[Cl]. The van der Waals surface area contributed by atoms with Crippen molar-refractivity contribution in [2.24, 2.45) is 0 Å². The van der Waals surface area contributed by atoms with Crippen molar-refractivity contribution in [3.63, 3.8) is 0 Å². The minimum absolute atomic E-state index is 0. The Morgan fingerprint density at radius 2 is 1.00 bits per heavy atom. The molecule has 5 heteroatoms. The van der Waals surface area contributed by atoms with Gasteiger partial charge in [0, 0.05) is 0 Å². The Hall–Kier alpha value is 1.36. The van der Waals surface area contributed by atoms with Gasteiger partial charge in [0.15, 0.2) is 0 Å². The van der Waals surface area contributed by atoms with Crippen LogP contribution >= 0.6 is 30.1 Å². The average molecular weight is 175 g/mol. The summed E-state index contributed by atoms with van der Waals surface area (Å²) < 4.78 is 0. The fourth-order valence-corrected chi connectivity index (χ4v) is 0. The van der Waals surface area contributed by atoms with Crippen molar-refractivity contribution < 1.29 is 11.4 Å². The summed E-state index contributed by atoms with van der Waals surface area (Å²) in [5.74, 6) is 0. The minimum atomic E-state index is -1.62. The molecule has 0 atom stereocenters. The monoisotopic (exact) mass is 174 g/mol. The summed E-state index contributed by atoms with van der Waals surface area (Å²) in [6.07, 6.45) is 0. The van der Waals surface area contributed by atoms with Crippen LogP contribution in [0.5, 0.6) is 0 Å². The molecular formula is H3Cl3CrN. The molecule has 0 radical (unpaired) electrons. The summed E-state index contributed by atoms with van der Waals surface area (Å²) in [6.45, 7) is 0. The zero-order valence-corrected chi connectivity index (χ0v) is 5.79. The summed E-state index contributed by atoms with van der Waals surface area (Å²) in [5, 5.41) is 0. The molecule has 35 valence electrons. The Bertz CT molecular complexity index is 11.6. The van der Waals surface area contributed by atoms with Gasteiger partial charge in [-0.3, -0.25) is 0 Å². The van der Waals surface area contributed by atoms with E-state index in [1.165, 1.54) is 0 Å². The van der Waals surface area contributed by atoms with E-state index in [4.69, 9.17) is 30.1 Å². The van der Waals surface area contributed by atoms with Crippen molar-refractivity contribution in [1.29, 1.82) is 0 Å². The molecule has 0 spiro atoms. The number of hydrogen-bond donors (Lipinski definition) is 1. The van der Waals surface area contributed by atoms with Gasteiger partial charge in [0.2, 0.25) is 0 Å². The third-order valence-corrected chi connectivity index (χ3v) is 0. The molecule has 0 saturated heterocycles. The van der Waals surface area contributed by atoms with Crippen LogP contribution < -0.4 is 6.15 Å². The van der Waals surface area contributed by atoms with Gasteiger partial charge in [-0.05, 0) is 0 Å². The zero-order chi connectivity index (χ0) is 3.58. The molecule has 0 fully saturated rings. The van der Waals surface area contributed by atoms with Crippen LogP contribution in [0.15, 0.2) is 0 Å². The normalized spacial score (nSPS) is 7.20. The summed E-state index contributed by atoms with van der Waals surface area (Å²) in [4.78, 5) is 0. The van der Waals surface area contributed by atoms with Crippen LogP contribution in [-0.2, 0) is 11.4 Å². The molecule has 5 heavy (non-hydrogen) atoms. The van der Waals surface area contributed by atoms with Crippen molar-refractivity contribution in [1.82, 2.24) is 6.15 Å². The summed E-state index contributed by atoms with van der Waals surface area (Å²) in [7, 11) is 14.8. The molecular weight excluding hydrogens is 172 g/mol. The Labute approximate surface area is 47.8 Å². The molecule has 0 amide bonds. The van der Waals surface area contributed by atoms with Crippen LogP contribution in [0, 0.1) is 0 Å². The van der Waals surface area contributed by atoms with Gasteiger partial charge in [0.1, 0.15) is 0 Å². The molecule has 0 aromatic rings. The van der Waals surface area contributed by atoms with Gasteiger partial charge >= 0.3 is 41.5 Å². The van der Waals surface area contributed by atoms with Crippen LogP contribution in [0.4, 0.5) is 0 Å². The Balaban J connectivity index is 0. The second-order valence-corrected chi connectivity index (χ2v) is 6.49. The Morgan fingerprint density at radius 1 is 1.00 bits per heavy atom. The van der Waals surface area contributed by atoms with E-state index in [2.05, 4.69) is 0 Å². The zero-order valence-electron chi connectivity index (χ0n) is 2.25. The van der Waals surface area contributed by atoms with Crippen molar-refractivity contribution in [3.8, 4) is 0 Å². The van der Waals surface area contributed by atoms with Crippen LogP contribution in [0.2, 0.25) is 0 Å². The van der Waals surface area contributed by atoms with Crippen molar-refractivity contribution in [2.45, 2.75) is 0 Å². The van der Waals surface area contributed by atoms with Gasteiger partial charge in [-0.2, -0.15) is 0 Å². The van der Waals surface area contributed by atoms with Crippen LogP contribution in [0.3, 0.4) is 0 Å². The third-order valence-electron chi connectivity index (χ3n) is 0. The predicted molar refractivity (Wildman–Crippen MR) is 22.6 cm³/mol. The Morgan fingerprint density at radius 3 is 1.00 bits per heavy atom. The first-order chi connectivity index (χ1) is 1.73. The van der Waals surface area contributed by atoms with Crippen LogP contribution in [0.1, 0.15) is 0 Å². The van der Waals surface area contributed by atoms with E-state index in [-0.39, 0.29) is 6.15 Å². The third kappa shape index (κ3) is 32.7. The van der Waals surface area contributed by atoms with E-state index in [9.17, 15) is 0 Å². The van der Waals surface area contributed by atoms with E-state index in [0.717, 1.165) is 0 Å². The molecule has 0 aromatic heterocycles. The molecule has 1 nitrogen and oxygen atoms in total. The molecule has 0 saturated carbocycles. The second-order valence-electron chi connectivity index (χ2n) is 0.175. The first kappa shape index (κ1) is 9.61. The van der Waals surface area contributed by atoms with Crippen molar-refractivity contribution in [3.05, 3.63) is 0 Å². The summed E-state index contributed by atoms with van der Waals surface area (Å²) in [5.41, 5.74) is 0. The fourth-order valence-electron chi connectivity index (χ4n) is 0. The molecule has 0 aromatic carbocycles. The average Bonchev–Trinajstić information content (AvgIpc) is 0.811. The molecule has 0 aliphatic carbocycles. The molecule has 3 N–H and O–H groups in total. The van der Waals surface area contributed by atoms with Crippen molar-refractivity contribution in [2.75, 3.05) is 0 Å². The number of hydrogen-bond acceptors (Lipinski definition) is 1. The fraction of sp³-hybridized carbons (Fsp3) is 0. The number of halogens is 3. The molecule has 0 aliphatic rings. The van der Waals surface area contributed by atoms with E-state index >= 15 is 0 Å². The van der Waals surface area contributed by atoms with E-state index in [1.54, 1.807) is 0 Å². The van der Waals surface area contributed by atoms with Gasteiger partial charge in [0.05, 0.1) is 0 Å².